The van der Waals surface area contributed by atoms with Crippen LogP contribution in [0.3, 0.4) is 0 Å². The van der Waals surface area contributed by atoms with E-state index in [0.717, 1.165) is 0 Å². The first kappa shape index (κ1) is 12.0. The van der Waals surface area contributed by atoms with E-state index in [9.17, 15) is 8.42 Å². The minimum Gasteiger partial charge on any atom is -0.386 e. The Morgan fingerprint density at radius 3 is 2.27 bits per heavy atom. The van der Waals surface area contributed by atoms with E-state index in [4.69, 9.17) is 22.5 Å². The lowest BCUT2D eigenvalue weighted by molar-refractivity contribution is 0.598. The first-order chi connectivity index (χ1) is 6.93. The highest BCUT2D eigenvalue weighted by Crippen LogP contribution is 2.15. The average molecular weight is 248 g/mol. The molecule has 0 aliphatic heterocycles. The lowest BCUT2D eigenvalue weighted by Crippen LogP contribution is -2.12. The third-order valence-corrected chi connectivity index (χ3v) is 2.78. The number of hydrogen-bond donors (Lipinski definition) is 2. The molecule has 7 heteroatoms. The fourth-order valence-electron chi connectivity index (χ4n) is 0.906. The minimum atomic E-state index is -3.66. The number of rotatable bonds is 3. The molecule has 0 amide bonds. The van der Waals surface area contributed by atoms with Crippen LogP contribution in [-0.4, -0.2) is 20.1 Å². The van der Waals surface area contributed by atoms with E-state index in [2.05, 4.69) is 4.99 Å². The van der Waals surface area contributed by atoms with E-state index in [-0.39, 0.29) is 16.6 Å². The molecule has 0 saturated carbocycles. The highest BCUT2D eigenvalue weighted by atomic mass is 35.5. The first-order valence-electron chi connectivity index (χ1n) is 3.95. The molecule has 0 spiro atoms. The van der Waals surface area contributed by atoms with Crippen LogP contribution in [0.15, 0.2) is 34.2 Å². The summed E-state index contributed by atoms with van der Waals surface area (Å²) in [7, 11) is -3.66. The predicted molar refractivity (Wildman–Crippen MR) is 59.8 cm³/mol. The molecule has 0 heterocycles. The zero-order chi connectivity index (χ0) is 11.5. The van der Waals surface area contributed by atoms with Crippen molar-refractivity contribution in [2.24, 2.45) is 15.9 Å². The van der Waals surface area contributed by atoms with E-state index in [1.165, 1.54) is 24.3 Å². The number of amidine groups is 1. The van der Waals surface area contributed by atoms with Crippen molar-refractivity contribution in [1.29, 1.82) is 0 Å². The molecule has 82 valence electrons. The molecule has 1 aromatic carbocycles. The van der Waals surface area contributed by atoms with E-state index in [1.807, 2.05) is 0 Å². The predicted octanol–water partition coefficient (Wildman–Crippen LogP) is 0.561. The summed E-state index contributed by atoms with van der Waals surface area (Å²) in [5.74, 6) is 0.386. The number of halogens is 1. The van der Waals surface area contributed by atoms with Gasteiger partial charge in [0.05, 0.1) is 16.5 Å². The molecule has 0 aromatic heterocycles. The van der Waals surface area contributed by atoms with Gasteiger partial charge in [0, 0.05) is 0 Å². The van der Waals surface area contributed by atoms with Gasteiger partial charge in [0.15, 0.2) is 0 Å². The molecule has 0 aliphatic rings. The number of nitrogens with two attached hydrogens (primary N) is 2. The van der Waals surface area contributed by atoms with E-state index in [1.54, 1.807) is 0 Å². The normalized spacial score (nSPS) is 12.8. The van der Waals surface area contributed by atoms with Crippen LogP contribution in [0.5, 0.6) is 0 Å². The van der Waals surface area contributed by atoms with E-state index in [0.29, 0.717) is 5.69 Å². The molecule has 5 nitrogen and oxygen atoms in total. The highest BCUT2D eigenvalue weighted by Gasteiger charge is 2.06. The largest absolute Gasteiger partial charge is 0.386 e. The number of hydrogen-bond acceptors (Lipinski definition) is 3. The van der Waals surface area contributed by atoms with Gasteiger partial charge >= 0.3 is 0 Å². The van der Waals surface area contributed by atoms with Crippen LogP contribution in [0.2, 0.25) is 0 Å². The van der Waals surface area contributed by atoms with Gasteiger partial charge in [-0.3, -0.25) is 0 Å². The lowest BCUT2D eigenvalue weighted by atomic mass is 10.3. The average Bonchev–Trinajstić information content (AvgIpc) is 2.17. The monoisotopic (exact) mass is 247 g/mol. The van der Waals surface area contributed by atoms with Crippen LogP contribution in [0, 0.1) is 0 Å². The number of primary sulfonamides is 1. The summed E-state index contributed by atoms with van der Waals surface area (Å²) in [5.41, 5.74) is 5.93. The van der Waals surface area contributed by atoms with Gasteiger partial charge in [-0.15, -0.1) is 11.6 Å². The van der Waals surface area contributed by atoms with Crippen LogP contribution in [0.25, 0.3) is 0 Å². The second-order valence-electron chi connectivity index (χ2n) is 2.78. The van der Waals surface area contributed by atoms with Crippen molar-refractivity contribution in [2.75, 3.05) is 5.88 Å². The van der Waals surface area contributed by atoms with Crippen LogP contribution in [0.1, 0.15) is 0 Å². The Balaban J connectivity index is 3.01. The van der Waals surface area contributed by atoms with E-state index >= 15 is 0 Å². The zero-order valence-corrected chi connectivity index (χ0v) is 9.29. The standard InChI is InChI=1S/C8H10ClN3O2S/c9-5-8(10)12-6-1-3-7(4-2-6)15(11,13)14/h1-4H,5H2,(H2,10,12)(H2,11,13,14). The highest BCUT2D eigenvalue weighted by molar-refractivity contribution is 7.89. The van der Waals surface area contributed by atoms with Gasteiger partial charge in [0.1, 0.15) is 5.84 Å². The molecule has 0 atom stereocenters. The second-order valence-corrected chi connectivity index (χ2v) is 4.60. The van der Waals surface area contributed by atoms with Crippen molar-refractivity contribution in [1.82, 2.24) is 0 Å². The molecular formula is C8H10ClN3O2S. The van der Waals surface area contributed by atoms with Crippen molar-refractivity contribution < 1.29 is 8.42 Å². The van der Waals surface area contributed by atoms with Crippen LogP contribution >= 0.6 is 11.6 Å². The Labute approximate surface area is 92.8 Å². The Kier molecular flexibility index (Phi) is 3.67. The number of benzene rings is 1. The molecule has 0 bridgehead atoms. The Morgan fingerprint density at radius 2 is 1.87 bits per heavy atom. The lowest BCUT2D eigenvalue weighted by Gasteiger charge is -1.99. The summed E-state index contributed by atoms with van der Waals surface area (Å²) >= 11 is 5.43. The van der Waals surface area contributed by atoms with E-state index < -0.39 is 10.0 Å². The first-order valence-corrected chi connectivity index (χ1v) is 6.03. The molecule has 0 aliphatic carbocycles. The summed E-state index contributed by atoms with van der Waals surface area (Å²) in [6, 6.07) is 5.71. The maximum absolute atomic E-state index is 10.9. The summed E-state index contributed by atoms with van der Waals surface area (Å²) < 4.78 is 21.8. The van der Waals surface area contributed by atoms with Crippen molar-refractivity contribution in [3.05, 3.63) is 24.3 Å². The fourth-order valence-corrected chi connectivity index (χ4v) is 1.48. The Morgan fingerprint density at radius 1 is 1.33 bits per heavy atom. The quantitative estimate of drug-likeness (QED) is 0.464. The van der Waals surface area contributed by atoms with Crippen LogP contribution in [0.4, 0.5) is 5.69 Å². The van der Waals surface area contributed by atoms with Crippen LogP contribution < -0.4 is 10.9 Å². The smallest absolute Gasteiger partial charge is 0.238 e. The van der Waals surface area contributed by atoms with Gasteiger partial charge in [-0.25, -0.2) is 18.5 Å². The molecular weight excluding hydrogens is 238 g/mol. The number of aliphatic imine (C=N–C) groups is 1. The maximum Gasteiger partial charge on any atom is 0.238 e. The number of nitrogens with zero attached hydrogens (tertiary/aromatic N) is 1. The minimum absolute atomic E-state index is 0.0332. The second kappa shape index (κ2) is 4.61. The summed E-state index contributed by atoms with van der Waals surface area (Å²) in [5, 5.41) is 4.92. The molecule has 15 heavy (non-hydrogen) atoms. The Hall–Kier alpha value is -1.11. The molecule has 0 radical (unpaired) electrons. The Bertz CT molecular complexity index is 467. The summed E-state index contributed by atoms with van der Waals surface area (Å²) in [6.07, 6.45) is 0. The molecule has 0 saturated heterocycles. The van der Waals surface area contributed by atoms with Crippen molar-refractivity contribution >= 4 is 33.1 Å². The maximum atomic E-state index is 10.9. The van der Waals surface area contributed by atoms with Gasteiger partial charge in [0.2, 0.25) is 10.0 Å². The number of sulfonamides is 1. The molecule has 0 unspecified atom stereocenters. The number of alkyl halides is 1. The van der Waals surface area contributed by atoms with Crippen molar-refractivity contribution in [3.63, 3.8) is 0 Å². The van der Waals surface area contributed by atoms with Gasteiger partial charge in [0.25, 0.3) is 0 Å². The SMILES string of the molecule is NC(CCl)=Nc1ccc(S(N)(=O)=O)cc1. The molecule has 1 aromatic rings. The van der Waals surface area contributed by atoms with Gasteiger partial charge in [-0.1, -0.05) is 0 Å². The molecule has 0 fully saturated rings. The van der Waals surface area contributed by atoms with Crippen LogP contribution in [-0.2, 0) is 10.0 Å². The van der Waals surface area contributed by atoms with Gasteiger partial charge in [-0.05, 0) is 24.3 Å². The summed E-state index contributed by atoms with van der Waals surface area (Å²) in [4.78, 5) is 3.96. The summed E-state index contributed by atoms with van der Waals surface area (Å²) in [6.45, 7) is 0. The molecule has 1 rings (SSSR count). The fraction of sp³-hybridized carbons (Fsp3) is 0.125. The van der Waals surface area contributed by atoms with Gasteiger partial charge < -0.3 is 5.73 Å². The van der Waals surface area contributed by atoms with Crippen molar-refractivity contribution in [3.8, 4) is 0 Å². The topological polar surface area (TPSA) is 98.5 Å². The molecule has 4 N–H and O–H groups in total. The third kappa shape index (κ3) is 3.50. The van der Waals surface area contributed by atoms with Gasteiger partial charge in [-0.2, -0.15) is 0 Å². The third-order valence-electron chi connectivity index (χ3n) is 1.57. The van der Waals surface area contributed by atoms with Crippen molar-refractivity contribution in [2.45, 2.75) is 4.90 Å². The zero-order valence-electron chi connectivity index (χ0n) is 7.72.